The van der Waals surface area contributed by atoms with Gasteiger partial charge in [-0.2, -0.15) is 35.9 Å². The van der Waals surface area contributed by atoms with Crippen LogP contribution in [0, 0.1) is 19.0 Å². The molecule has 5 heteroatoms. The molecule has 7 aromatic rings. The molecule has 0 N–H and O–H groups in total. The second kappa shape index (κ2) is 9.87. The molecule has 0 saturated carbocycles. The van der Waals surface area contributed by atoms with Crippen LogP contribution in [0.25, 0.3) is 44.3 Å². The van der Waals surface area contributed by atoms with Gasteiger partial charge in [0.15, 0.2) is 17.4 Å². The minimum Gasteiger partial charge on any atom is -0.319 e. The van der Waals surface area contributed by atoms with Crippen molar-refractivity contribution < 1.29 is 29.3 Å². The Labute approximate surface area is 257 Å². The average molecular weight is 707 g/mol. The van der Waals surface area contributed by atoms with Crippen LogP contribution in [-0.4, -0.2) is 18.7 Å². The number of hydrogen-bond donors (Lipinski definition) is 0. The first-order valence-electron chi connectivity index (χ1n) is 15.8. The number of rotatable bonds is 4. The second-order valence-electron chi connectivity index (χ2n) is 10.3. The van der Waals surface area contributed by atoms with Gasteiger partial charge in [0.2, 0.25) is 0 Å². The van der Waals surface area contributed by atoms with Crippen molar-refractivity contribution in [2.24, 2.45) is 6.98 Å². The topological polar surface area (TPSA) is 27.7 Å². The maximum Gasteiger partial charge on any atom is 0.188 e. The molecule has 200 valence electrons. The number of aromatic nitrogens is 4. The average Bonchev–Trinajstić information content (AvgIpc) is 3.57. The molecule has 3 heterocycles. The van der Waals surface area contributed by atoms with Gasteiger partial charge in [-0.3, -0.25) is 0 Å². The van der Waals surface area contributed by atoms with Gasteiger partial charge in [0, 0.05) is 65.8 Å². The first-order valence-corrected chi connectivity index (χ1v) is 12.8. The molecule has 0 aliphatic carbocycles. The predicted octanol–water partition coefficient (Wildman–Crippen LogP) is 7.97. The fourth-order valence-corrected chi connectivity index (χ4v) is 5.45. The van der Waals surface area contributed by atoms with E-state index in [1.807, 2.05) is 69.8 Å². The van der Waals surface area contributed by atoms with Gasteiger partial charge in [-0.05, 0) is 53.5 Å². The predicted molar refractivity (Wildman–Crippen MR) is 160 cm³/mol. The molecule has 0 saturated heterocycles. The van der Waals surface area contributed by atoms with Gasteiger partial charge < -0.3 is 4.57 Å². The summed E-state index contributed by atoms with van der Waals surface area (Å²) >= 11 is 0. The van der Waals surface area contributed by atoms with Crippen molar-refractivity contribution in [3.05, 3.63) is 132 Å². The van der Waals surface area contributed by atoms with Crippen molar-refractivity contribution in [2.75, 3.05) is 0 Å². The summed E-state index contributed by atoms with van der Waals surface area (Å²) in [5.74, 6) is 0.511. The Morgan fingerprint density at radius 3 is 2.40 bits per heavy atom. The first kappa shape index (κ1) is 20.0. The Morgan fingerprint density at radius 1 is 0.800 bits per heavy atom. The van der Waals surface area contributed by atoms with Gasteiger partial charge in [0.1, 0.15) is 5.82 Å². The van der Waals surface area contributed by atoms with Crippen molar-refractivity contribution in [1.82, 2.24) is 18.7 Å². The van der Waals surface area contributed by atoms with Crippen LogP contribution in [0.2, 0.25) is 0 Å². The summed E-state index contributed by atoms with van der Waals surface area (Å²) < 4.78 is 53.1. The fraction of sp³-hybridized carbons (Fsp3) is 0.143. The van der Waals surface area contributed by atoms with E-state index in [1.165, 1.54) is 16.8 Å². The number of fused-ring (bicyclic) bond motifs is 4. The van der Waals surface area contributed by atoms with E-state index >= 15 is 0 Å². The largest absolute Gasteiger partial charge is 0.319 e. The molecule has 4 aromatic carbocycles. The Morgan fingerprint density at radius 2 is 1.57 bits per heavy atom. The number of hydrogen-bond acceptors (Lipinski definition) is 1. The monoisotopic (exact) mass is 706 g/mol. The van der Waals surface area contributed by atoms with E-state index in [0.717, 1.165) is 44.1 Å². The summed E-state index contributed by atoms with van der Waals surface area (Å²) in [5.41, 5.74) is 5.28. The minimum atomic E-state index is -2.33. The number of pyridine rings is 1. The van der Waals surface area contributed by atoms with Crippen LogP contribution in [0.15, 0.2) is 104 Å². The normalized spacial score (nSPS) is 14.7. The third kappa shape index (κ3) is 4.10. The molecule has 0 aliphatic heterocycles. The third-order valence-corrected chi connectivity index (χ3v) is 7.58. The third-order valence-electron chi connectivity index (χ3n) is 7.58. The van der Waals surface area contributed by atoms with Gasteiger partial charge in [0.05, 0.1) is 0 Å². The first-order chi connectivity index (χ1) is 21.3. The quantitative estimate of drug-likeness (QED) is 0.171. The summed E-state index contributed by atoms with van der Waals surface area (Å²) in [5, 5.41) is 2.00. The van der Waals surface area contributed by atoms with Crippen molar-refractivity contribution in [1.29, 1.82) is 0 Å². The Hall–Kier alpha value is -4.01. The molecule has 0 radical (unpaired) electrons. The molecular weight excluding hydrogens is 671 g/mol. The van der Waals surface area contributed by atoms with Gasteiger partial charge >= 0.3 is 0 Å². The molecule has 0 aliphatic rings. The van der Waals surface area contributed by atoms with Crippen molar-refractivity contribution >= 4 is 32.8 Å². The maximum absolute atomic E-state index is 8.05. The summed E-state index contributed by atoms with van der Waals surface area (Å²) in [4.78, 5) is 4.58. The molecule has 7 rings (SSSR count). The smallest absolute Gasteiger partial charge is 0.188 e. The van der Waals surface area contributed by atoms with E-state index in [9.17, 15) is 0 Å². The molecule has 0 unspecified atom stereocenters. The SMILES string of the molecule is [2H]C([2H])([2H])c1ccnc(-n2c3[c-]c(C(C)(C)c4[c-]c(-n5[cH+]n(C([2H])([2H])[2H])c6ccccc65)ccc4)ccc3c3ccccc32)c1.[Pt]. The van der Waals surface area contributed by atoms with Gasteiger partial charge in [-0.25, -0.2) is 14.1 Å². The van der Waals surface area contributed by atoms with Crippen LogP contribution in [0.4, 0.5) is 0 Å². The van der Waals surface area contributed by atoms with Gasteiger partial charge in [-0.1, -0.05) is 37.6 Å². The molecule has 40 heavy (non-hydrogen) atoms. The summed E-state index contributed by atoms with van der Waals surface area (Å²) in [6, 6.07) is 35.8. The second-order valence-corrected chi connectivity index (χ2v) is 10.3. The molecule has 3 aromatic heterocycles. The standard InChI is InChI=1S/C35H29N4.Pt/c1-24-18-19-36-34(20-24)39-30-13-6-5-12-28(30)29-17-16-26(22-33(29)39)35(2,3)25-10-9-11-27(21-25)38-23-37(4)31-14-7-8-15-32(31)38;/h5-20,23H,1-4H3;/q-1;/i1D3,4D3;. The Bertz CT molecular complexity index is 2240. The molecule has 0 amide bonds. The summed E-state index contributed by atoms with van der Waals surface area (Å²) in [6.07, 6.45) is 3.14. The van der Waals surface area contributed by atoms with Crippen LogP contribution >= 0.6 is 0 Å². The van der Waals surface area contributed by atoms with E-state index in [4.69, 9.17) is 8.22 Å². The zero-order chi connectivity index (χ0) is 31.7. The van der Waals surface area contributed by atoms with Crippen molar-refractivity contribution in [3.63, 3.8) is 0 Å². The van der Waals surface area contributed by atoms with Gasteiger partial charge in [0.25, 0.3) is 0 Å². The zero-order valence-electron chi connectivity index (χ0n) is 27.9. The Kier molecular flexibility index (Phi) is 4.92. The molecule has 0 bridgehead atoms. The number of aryl methyl sites for hydroxylation is 2. The molecule has 4 nitrogen and oxygen atoms in total. The molecule has 0 atom stereocenters. The fourth-order valence-electron chi connectivity index (χ4n) is 5.45. The molecule has 0 spiro atoms. The summed E-state index contributed by atoms with van der Waals surface area (Å²) in [6.45, 7) is -0.376. The van der Waals surface area contributed by atoms with Crippen LogP contribution in [0.3, 0.4) is 0 Å². The van der Waals surface area contributed by atoms with E-state index in [0.29, 0.717) is 11.3 Å². The molecular formula is C35H29N4Pt-. The number of para-hydroxylation sites is 3. The summed E-state index contributed by atoms with van der Waals surface area (Å²) in [7, 11) is 0. The number of imidazole rings is 1. The number of nitrogens with zero attached hydrogens (tertiary/aromatic N) is 4. The van der Waals surface area contributed by atoms with E-state index in [1.54, 1.807) is 18.5 Å². The number of benzene rings is 4. The zero-order valence-corrected chi connectivity index (χ0v) is 24.2. The maximum atomic E-state index is 8.05. The van der Waals surface area contributed by atoms with Crippen molar-refractivity contribution in [3.8, 4) is 11.5 Å². The van der Waals surface area contributed by atoms with Crippen LogP contribution in [0.1, 0.15) is 38.8 Å². The Balaban J connectivity index is 0.00000372. The van der Waals surface area contributed by atoms with Crippen LogP contribution in [0.5, 0.6) is 0 Å². The van der Waals surface area contributed by atoms with Crippen LogP contribution in [-0.2, 0) is 33.5 Å². The van der Waals surface area contributed by atoms with E-state index in [2.05, 4.69) is 43.1 Å². The van der Waals surface area contributed by atoms with Gasteiger partial charge in [-0.15, -0.1) is 23.1 Å². The van der Waals surface area contributed by atoms with Crippen molar-refractivity contribution in [2.45, 2.75) is 26.1 Å². The molecule has 0 fully saturated rings. The van der Waals surface area contributed by atoms with E-state index in [-0.39, 0.29) is 26.6 Å². The van der Waals surface area contributed by atoms with Crippen LogP contribution < -0.4 is 0 Å². The van der Waals surface area contributed by atoms with E-state index < -0.39 is 19.2 Å². The minimum absolute atomic E-state index is 0.